The first-order valence-corrected chi connectivity index (χ1v) is 8.16. The van der Waals surface area contributed by atoms with Crippen molar-refractivity contribution in [3.8, 4) is 17.2 Å². The van der Waals surface area contributed by atoms with Gasteiger partial charge in [0, 0.05) is 29.2 Å². The van der Waals surface area contributed by atoms with E-state index in [0.29, 0.717) is 27.3 Å². The highest BCUT2D eigenvalue weighted by molar-refractivity contribution is 6.30. The molecular weight excluding hydrogens is 348 g/mol. The summed E-state index contributed by atoms with van der Waals surface area (Å²) in [5, 5.41) is 13.1. The summed E-state index contributed by atoms with van der Waals surface area (Å²) in [6.07, 6.45) is 8.03. The van der Waals surface area contributed by atoms with Crippen molar-refractivity contribution in [1.82, 2.24) is 14.8 Å². The van der Waals surface area contributed by atoms with Gasteiger partial charge in [-0.3, -0.25) is 9.78 Å². The third-order valence-electron chi connectivity index (χ3n) is 4.08. The van der Waals surface area contributed by atoms with E-state index in [1.807, 2.05) is 0 Å². The standard InChI is InChI=1S/C20H15ClN4O/c1-3-13-10-23-11-18(16(13)4-2)19(9-22)25-20(26)17(12-24-25)14-6-5-7-15(21)8-14/h3-8,10-12,19,24H,1-2H2. The molecule has 5 nitrogen and oxygen atoms in total. The lowest BCUT2D eigenvalue weighted by atomic mass is 9.99. The Morgan fingerprint density at radius 1 is 1.31 bits per heavy atom. The summed E-state index contributed by atoms with van der Waals surface area (Å²) in [4.78, 5) is 17.0. The van der Waals surface area contributed by atoms with Crippen LogP contribution in [0, 0.1) is 11.3 Å². The largest absolute Gasteiger partial charge is 0.301 e. The highest BCUT2D eigenvalue weighted by atomic mass is 35.5. The van der Waals surface area contributed by atoms with Crippen LogP contribution in [-0.2, 0) is 0 Å². The number of nitrogens with zero attached hydrogens (tertiary/aromatic N) is 3. The monoisotopic (exact) mass is 362 g/mol. The second-order valence-corrected chi connectivity index (χ2v) is 5.98. The molecule has 1 aromatic carbocycles. The molecule has 1 atom stereocenters. The van der Waals surface area contributed by atoms with Crippen LogP contribution in [0.25, 0.3) is 23.3 Å². The predicted molar refractivity (Wildman–Crippen MR) is 104 cm³/mol. The lowest BCUT2D eigenvalue weighted by molar-refractivity contribution is 0.599. The Labute approximate surface area is 155 Å². The molecule has 0 aliphatic heterocycles. The molecule has 3 aromatic rings. The van der Waals surface area contributed by atoms with E-state index in [-0.39, 0.29) is 5.56 Å². The number of nitrogens with one attached hydrogen (secondary N) is 1. The number of aromatic amines is 1. The number of benzene rings is 1. The number of H-pyrrole nitrogens is 1. The van der Waals surface area contributed by atoms with Crippen LogP contribution in [0.4, 0.5) is 0 Å². The quantitative estimate of drug-likeness (QED) is 0.735. The molecule has 0 aliphatic rings. The van der Waals surface area contributed by atoms with Crippen LogP contribution >= 0.6 is 11.6 Å². The molecule has 26 heavy (non-hydrogen) atoms. The van der Waals surface area contributed by atoms with E-state index >= 15 is 0 Å². The molecule has 0 saturated heterocycles. The number of hydrogen-bond donors (Lipinski definition) is 1. The Bertz CT molecular complexity index is 1090. The average molecular weight is 363 g/mol. The molecule has 0 radical (unpaired) electrons. The highest BCUT2D eigenvalue weighted by Crippen LogP contribution is 2.25. The van der Waals surface area contributed by atoms with Gasteiger partial charge in [0.05, 0.1) is 11.6 Å². The number of rotatable bonds is 5. The van der Waals surface area contributed by atoms with E-state index in [1.165, 1.54) is 4.68 Å². The maximum Gasteiger partial charge on any atom is 0.275 e. The zero-order valence-electron chi connectivity index (χ0n) is 13.8. The highest BCUT2D eigenvalue weighted by Gasteiger charge is 2.21. The maximum atomic E-state index is 12.9. The van der Waals surface area contributed by atoms with Gasteiger partial charge in [-0.15, -0.1) is 0 Å². The fraction of sp³-hybridized carbons (Fsp3) is 0.0500. The Kier molecular flexibility index (Phi) is 4.87. The lowest BCUT2D eigenvalue weighted by Crippen LogP contribution is -2.24. The molecule has 1 N–H and O–H groups in total. The molecule has 2 heterocycles. The zero-order valence-corrected chi connectivity index (χ0v) is 14.6. The van der Waals surface area contributed by atoms with Crippen LogP contribution < -0.4 is 5.56 Å². The first-order chi connectivity index (χ1) is 12.6. The molecule has 1 unspecified atom stereocenters. The second kappa shape index (κ2) is 7.26. The third kappa shape index (κ3) is 2.99. The van der Waals surface area contributed by atoms with Gasteiger partial charge in [-0.2, -0.15) is 5.26 Å². The van der Waals surface area contributed by atoms with E-state index in [1.54, 1.807) is 55.0 Å². The summed E-state index contributed by atoms with van der Waals surface area (Å²) < 4.78 is 1.27. The van der Waals surface area contributed by atoms with Gasteiger partial charge >= 0.3 is 0 Å². The van der Waals surface area contributed by atoms with E-state index in [9.17, 15) is 10.1 Å². The van der Waals surface area contributed by atoms with Crippen LogP contribution in [0.3, 0.4) is 0 Å². The lowest BCUT2D eigenvalue weighted by Gasteiger charge is -2.14. The first-order valence-electron chi connectivity index (χ1n) is 7.79. The van der Waals surface area contributed by atoms with Crippen LogP contribution in [0.5, 0.6) is 0 Å². The maximum absolute atomic E-state index is 12.9. The van der Waals surface area contributed by atoms with Crippen LogP contribution in [0.2, 0.25) is 5.02 Å². The molecule has 2 aromatic heterocycles. The van der Waals surface area contributed by atoms with E-state index < -0.39 is 6.04 Å². The number of aromatic nitrogens is 3. The third-order valence-corrected chi connectivity index (χ3v) is 4.32. The van der Waals surface area contributed by atoms with Crippen molar-refractivity contribution in [2.24, 2.45) is 0 Å². The van der Waals surface area contributed by atoms with Crippen molar-refractivity contribution < 1.29 is 0 Å². The van der Waals surface area contributed by atoms with Crippen molar-refractivity contribution >= 4 is 23.8 Å². The minimum atomic E-state index is -0.879. The van der Waals surface area contributed by atoms with Crippen molar-refractivity contribution in [3.63, 3.8) is 0 Å². The molecule has 0 bridgehead atoms. The van der Waals surface area contributed by atoms with Crippen molar-refractivity contribution in [3.05, 3.63) is 88.1 Å². The number of hydrogen-bond acceptors (Lipinski definition) is 3. The Hall–Kier alpha value is -3.36. The van der Waals surface area contributed by atoms with E-state index in [4.69, 9.17) is 11.6 Å². The SMILES string of the molecule is C=Cc1cncc(C(C#N)n2[nH]cc(-c3cccc(Cl)c3)c2=O)c1C=C. The molecule has 0 fully saturated rings. The Balaban J connectivity index is 2.15. The Morgan fingerprint density at radius 2 is 2.12 bits per heavy atom. The van der Waals surface area contributed by atoms with Gasteiger partial charge in [0.2, 0.25) is 0 Å². The van der Waals surface area contributed by atoms with Gasteiger partial charge in [0.15, 0.2) is 6.04 Å². The molecule has 6 heteroatoms. The molecule has 3 rings (SSSR count). The van der Waals surface area contributed by atoms with Gasteiger partial charge in [-0.25, -0.2) is 4.68 Å². The fourth-order valence-corrected chi connectivity index (χ4v) is 3.02. The van der Waals surface area contributed by atoms with Gasteiger partial charge < -0.3 is 5.10 Å². The minimum absolute atomic E-state index is 0.321. The van der Waals surface area contributed by atoms with Crippen LogP contribution in [0.15, 0.2) is 60.8 Å². The summed E-state index contributed by atoms with van der Waals surface area (Å²) in [7, 11) is 0. The predicted octanol–water partition coefficient (Wildman–Crippen LogP) is 4.29. The van der Waals surface area contributed by atoms with Crippen LogP contribution in [-0.4, -0.2) is 14.8 Å². The number of halogens is 1. The second-order valence-electron chi connectivity index (χ2n) is 5.54. The normalized spacial score (nSPS) is 11.5. The number of nitriles is 1. The Morgan fingerprint density at radius 3 is 2.77 bits per heavy atom. The van der Waals surface area contributed by atoms with Crippen molar-refractivity contribution in [1.29, 1.82) is 5.26 Å². The number of pyridine rings is 1. The summed E-state index contributed by atoms with van der Waals surface area (Å²) in [5.41, 5.74) is 2.82. The fourth-order valence-electron chi connectivity index (χ4n) is 2.83. The molecule has 0 spiro atoms. The van der Waals surface area contributed by atoms with Crippen LogP contribution in [0.1, 0.15) is 22.7 Å². The summed E-state index contributed by atoms with van der Waals surface area (Å²) in [5.74, 6) is 0. The van der Waals surface area contributed by atoms with Gasteiger partial charge in [0.1, 0.15) is 0 Å². The van der Waals surface area contributed by atoms with E-state index in [0.717, 1.165) is 5.56 Å². The molecule has 0 aliphatic carbocycles. The van der Waals surface area contributed by atoms with E-state index in [2.05, 4.69) is 29.3 Å². The van der Waals surface area contributed by atoms with Crippen molar-refractivity contribution in [2.45, 2.75) is 6.04 Å². The zero-order chi connectivity index (χ0) is 18.7. The minimum Gasteiger partial charge on any atom is -0.301 e. The van der Waals surface area contributed by atoms with Crippen molar-refractivity contribution in [2.75, 3.05) is 0 Å². The van der Waals surface area contributed by atoms with Gasteiger partial charge in [-0.1, -0.05) is 49.0 Å². The molecular formula is C20H15ClN4O. The molecule has 0 saturated carbocycles. The summed E-state index contributed by atoms with van der Waals surface area (Å²) >= 11 is 6.01. The smallest absolute Gasteiger partial charge is 0.275 e. The van der Waals surface area contributed by atoms with Gasteiger partial charge in [0.25, 0.3) is 5.56 Å². The average Bonchev–Trinajstić information content (AvgIpc) is 3.03. The molecule has 0 amide bonds. The molecule has 128 valence electrons. The topological polar surface area (TPSA) is 74.5 Å². The van der Waals surface area contributed by atoms with Gasteiger partial charge in [-0.05, 0) is 28.8 Å². The summed E-state index contributed by atoms with van der Waals surface area (Å²) in [6, 6.07) is 8.27. The first kappa shape index (κ1) is 17.5. The summed E-state index contributed by atoms with van der Waals surface area (Å²) in [6.45, 7) is 7.55.